The Balaban J connectivity index is 2.29. The van der Waals surface area contributed by atoms with E-state index in [0.717, 1.165) is 37.8 Å². The van der Waals surface area contributed by atoms with Crippen molar-refractivity contribution < 1.29 is 14.3 Å². The second-order valence-corrected chi connectivity index (χ2v) is 6.81. The van der Waals surface area contributed by atoms with Crippen molar-refractivity contribution in [1.82, 2.24) is 9.88 Å². The predicted octanol–water partition coefficient (Wildman–Crippen LogP) is 3.14. The van der Waals surface area contributed by atoms with Crippen molar-refractivity contribution >= 4 is 18.3 Å². The zero-order chi connectivity index (χ0) is 17.0. The van der Waals surface area contributed by atoms with Gasteiger partial charge in [-0.2, -0.15) is 0 Å². The van der Waals surface area contributed by atoms with E-state index in [1.165, 1.54) is 4.90 Å². The summed E-state index contributed by atoms with van der Waals surface area (Å²) in [5.74, 6) is 0.542. The second-order valence-electron chi connectivity index (χ2n) is 6.81. The summed E-state index contributed by atoms with van der Waals surface area (Å²) in [6, 6.07) is 3.71. The van der Waals surface area contributed by atoms with Crippen LogP contribution in [0.15, 0.2) is 18.3 Å². The molecule has 0 spiro atoms. The lowest BCUT2D eigenvalue weighted by molar-refractivity contribution is -0.121. The van der Waals surface area contributed by atoms with Gasteiger partial charge in [0.2, 0.25) is 6.41 Å². The lowest BCUT2D eigenvalue weighted by Crippen LogP contribution is -2.37. The predicted molar refractivity (Wildman–Crippen MR) is 88.2 cm³/mol. The first-order valence-electron chi connectivity index (χ1n) is 7.96. The van der Waals surface area contributed by atoms with Crippen LogP contribution in [0.25, 0.3) is 0 Å². The van der Waals surface area contributed by atoms with E-state index >= 15 is 0 Å². The fraction of sp³-hybridized carbons (Fsp3) is 0.588. The highest BCUT2D eigenvalue weighted by molar-refractivity contribution is 5.87. The van der Waals surface area contributed by atoms with Gasteiger partial charge in [-0.25, -0.2) is 9.78 Å². The molecule has 1 atom stereocenters. The van der Waals surface area contributed by atoms with Gasteiger partial charge in [-0.05, 0) is 46.1 Å². The molecule has 2 amide bonds. The molecule has 0 bridgehead atoms. The molecule has 23 heavy (non-hydrogen) atoms. The van der Waals surface area contributed by atoms with Crippen LogP contribution in [0.5, 0.6) is 0 Å². The molecule has 2 heterocycles. The Morgan fingerprint density at radius 1 is 1.43 bits per heavy atom. The van der Waals surface area contributed by atoms with Gasteiger partial charge < -0.3 is 9.64 Å². The van der Waals surface area contributed by atoms with Gasteiger partial charge in [0.15, 0.2) is 0 Å². The van der Waals surface area contributed by atoms with E-state index < -0.39 is 11.7 Å². The number of rotatable bonds is 3. The average Bonchev–Trinajstić information content (AvgIpc) is 2.52. The zero-order valence-electron chi connectivity index (χ0n) is 14.3. The average molecular weight is 319 g/mol. The number of hydrogen-bond donors (Lipinski definition) is 0. The van der Waals surface area contributed by atoms with E-state index in [2.05, 4.69) is 4.98 Å². The molecule has 1 saturated heterocycles. The third-order valence-corrected chi connectivity index (χ3v) is 3.84. The van der Waals surface area contributed by atoms with Gasteiger partial charge >= 0.3 is 6.09 Å². The summed E-state index contributed by atoms with van der Waals surface area (Å²) >= 11 is 0. The van der Waals surface area contributed by atoms with Crippen LogP contribution in [-0.4, -0.2) is 41.6 Å². The number of hydrogen-bond acceptors (Lipinski definition) is 4. The Morgan fingerprint density at radius 2 is 2.17 bits per heavy atom. The first kappa shape index (κ1) is 17.2. The van der Waals surface area contributed by atoms with Crippen molar-refractivity contribution in [3.05, 3.63) is 23.9 Å². The maximum absolute atomic E-state index is 12.3. The van der Waals surface area contributed by atoms with Crippen LogP contribution in [0.4, 0.5) is 10.6 Å². The molecule has 1 aromatic heterocycles. The normalized spacial score (nSPS) is 18.4. The number of likely N-dealkylation sites (tertiary alicyclic amines) is 1. The van der Waals surface area contributed by atoms with Crippen LogP contribution in [0.2, 0.25) is 0 Å². The first-order valence-corrected chi connectivity index (χ1v) is 7.96. The number of amides is 2. The number of carbonyl (C=O) groups excluding carboxylic acids is 2. The number of carbonyl (C=O) groups is 2. The highest BCUT2D eigenvalue weighted by Gasteiger charge is 2.29. The summed E-state index contributed by atoms with van der Waals surface area (Å²) in [5.41, 5.74) is 0.313. The molecule has 1 aliphatic heterocycles. The minimum Gasteiger partial charge on any atom is -0.443 e. The maximum Gasteiger partial charge on any atom is 0.415 e. The van der Waals surface area contributed by atoms with Crippen LogP contribution < -0.4 is 4.90 Å². The van der Waals surface area contributed by atoms with Gasteiger partial charge in [-0.1, -0.05) is 6.07 Å². The minimum absolute atomic E-state index is 0.0464. The van der Waals surface area contributed by atoms with E-state index in [-0.39, 0.29) is 6.04 Å². The van der Waals surface area contributed by atoms with Crippen LogP contribution >= 0.6 is 0 Å². The molecule has 0 aromatic carbocycles. The van der Waals surface area contributed by atoms with Gasteiger partial charge in [0.1, 0.15) is 11.4 Å². The summed E-state index contributed by atoms with van der Waals surface area (Å²) in [6.45, 7) is 6.21. The number of pyridine rings is 1. The fourth-order valence-electron chi connectivity index (χ4n) is 2.78. The molecule has 0 saturated carbocycles. The number of anilines is 1. The Hall–Kier alpha value is -2.11. The maximum atomic E-state index is 12.3. The number of nitrogens with zero attached hydrogens (tertiary/aromatic N) is 3. The zero-order valence-corrected chi connectivity index (χ0v) is 14.3. The van der Waals surface area contributed by atoms with E-state index in [0.29, 0.717) is 5.82 Å². The molecular formula is C17H25N3O3. The van der Waals surface area contributed by atoms with Crippen molar-refractivity contribution in [2.45, 2.75) is 51.7 Å². The highest BCUT2D eigenvalue weighted by atomic mass is 16.6. The third-order valence-electron chi connectivity index (χ3n) is 3.84. The van der Waals surface area contributed by atoms with E-state index in [1.54, 1.807) is 18.1 Å². The number of aromatic nitrogens is 1. The van der Waals surface area contributed by atoms with Crippen molar-refractivity contribution in [3.8, 4) is 0 Å². The van der Waals surface area contributed by atoms with E-state index in [4.69, 9.17) is 4.74 Å². The van der Waals surface area contributed by atoms with Crippen molar-refractivity contribution in [1.29, 1.82) is 0 Å². The molecule has 0 radical (unpaired) electrons. The van der Waals surface area contributed by atoms with Crippen LogP contribution in [0.1, 0.15) is 51.6 Å². The summed E-state index contributed by atoms with van der Waals surface area (Å²) in [5, 5.41) is 0. The topological polar surface area (TPSA) is 62.7 Å². The van der Waals surface area contributed by atoms with Crippen LogP contribution in [0.3, 0.4) is 0 Å². The first-order chi connectivity index (χ1) is 10.8. The molecule has 2 rings (SSSR count). The van der Waals surface area contributed by atoms with Crippen LogP contribution in [-0.2, 0) is 9.53 Å². The lowest BCUT2D eigenvalue weighted by Gasteiger charge is -2.35. The van der Waals surface area contributed by atoms with Gasteiger partial charge in [0.05, 0.1) is 6.04 Å². The summed E-state index contributed by atoms with van der Waals surface area (Å²) in [4.78, 5) is 31.2. The van der Waals surface area contributed by atoms with E-state index in [1.807, 2.05) is 32.9 Å². The molecule has 1 aliphatic rings. The monoisotopic (exact) mass is 319 g/mol. The Bertz CT molecular complexity index is 568. The molecule has 126 valence electrons. The molecule has 1 fully saturated rings. The lowest BCUT2D eigenvalue weighted by atomic mass is 9.96. The Labute approximate surface area is 137 Å². The Morgan fingerprint density at radius 3 is 2.83 bits per heavy atom. The van der Waals surface area contributed by atoms with Crippen LogP contribution in [0, 0.1) is 0 Å². The second kappa shape index (κ2) is 6.98. The van der Waals surface area contributed by atoms with E-state index in [9.17, 15) is 9.59 Å². The summed E-state index contributed by atoms with van der Waals surface area (Å²) < 4.78 is 5.41. The van der Waals surface area contributed by atoms with Crippen molar-refractivity contribution in [3.63, 3.8) is 0 Å². The molecule has 0 N–H and O–H groups in total. The number of ether oxygens (including phenoxy) is 1. The van der Waals surface area contributed by atoms with Gasteiger partial charge in [-0.15, -0.1) is 0 Å². The van der Waals surface area contributed by atoms with Crippen molar-refractivity contribution in [2.75, 3.05) is 18.5 Å². The molecule has 6 heteroatoms. The summed E-state index contributed by atoms with van der Waals surface area (Å²) in [6.07, 6.45) is 5.01. The highest BCUT2D eigenvalue weighted by Crippen LogP contribution is 2.34. The molecule has 6 nitrogen and oxygen atoms in total. The molecule has 1 aromatic rings. The third kappa shape index (κ3) is 4.21. The smallest absolute Gasteiger partial charge is 0.415 e. The minimum atomic E-state index is -0.569. The van der Waals surface area contributed by atoms with Gasteiger partial charge in [0, 0.05) is 25.4 Å². The fourth-order valence-corrected chi connectivity index (χ4v) is 2.78. The number of piperidine rings is 1. The largest absolute Gasteiger partial charge is 0.443 e. The quantitative estimate of drug-likeness (QED) is 0.803. The molecular weight excluding hydrogens is 294 g/mol. The molecule has 0 unspecified atom stereocenters. The van der Waals surface area contributed by atoms with Gasteiger partial charge in [0.25, 0.3) is 0 Å². The van der Waals surface area contributed by atoms with Gasteiger partial charge in [-0.3, -0.25) is 9.69 Å². The molecule has 0 aliphatic carbocycles. The van der Waals surface area contributed by atoms with Crippen molar-refractivity contribution in [2.24, 2.45) is 0 Å². The Kier molecular flexibility index (Phi) is 5.23. The summed E-state index contributed by atoms with van der Waals surface area (Å²) in [7, 11) is 1.65. The SMILES string of the molecule is CN(C(=O)OC(C)(C)C)c1ncccc1[C@@H]1CCCCN1C=O. The standard InChI is InChI=1S/C17H25N3O3/c1-17(2,3)23-16(22)19(4)15-13(8-7-10-18-15)14-9-5-6-11-20(14)12-21/h7-8,10,12,14H,5-6,9,11H2,1-4H3/t14-/m0/s1.